The highest BCUT2D eigenvalue weighted by molar-refractivity contribution is 6.73. The van der Waals surface area contributed by atoms with Crippen molar-refractivity contribution >= 4 is 14.3 Å². The van der Waals surface area contributed by atoms with E-state index in [2.05, 4.69) is 32.9 Å². The maximum absolute atomic E-state index is 12.8. The third-order valence-corrected chi connectivity index (χ3v) is 12.0. The zero-order valence-electron chi connectivity index (χ0n) is 22.2. The van der Waals surface area contributed by atoms with E-state index in [1.807, 2.05) is 36.4 Å². The molecule has 0 spiro atoms. The van der Waals surface area contributed by atoms with Gasteiger partial charge in [-0.15, -0.1) is 0 Å². The lowest BCUT2D eigenvalue weighted by atomic mass is 9.83. The topological polar surface area (TPSA) is 63.2 Å². The summed E-state index contributed by atoms with van der Waals surface area (Å²) in [5.41, 5.74) is 1.68. The average molecular weight is 515 g/mol. The highest BCUT2D eigenvalue weighted by Gasteiger charge is 2.44. The van der Waals surface area contributed by atoms with E-state index in [9.17, 15) is 4.79 Å². The molecule has 1 aliphatic carbocycles. The molecule has 7 heteroatoms. The Bertz CT molecular complexity index is 881. The van der Waals surface area contributed by atoms with Crippen molar-refractivity contribution in [2.75, 3.05) is 20.5 Å². The number of esters is 1. The molecular weight excluding hydrogens is 472 g/mol. The first-order valence-electron chi connectivity index (χ1n) is 13.2. The minimum Gasteiger partial charge on any atom is -0.462 e. The van der Waals surface area contributed by atoms with E-state index in [1.165, 1.54) is 0 Å². The molecule has 6 nitrogen and oxygen atoms in total. The minimum atomic E-state index is -1.94. The fraction of sp³-hybridized carbons (Fsp3) is 0.552. The number of hydrogen-bond acceptors (Lipinski definition) is 6. The molecule has 0 aromatic heterocycles. The SMILES string of the molecule is CC[Si](CC)(CC)O[C@@H]1C(COC(=O)c2ccccc2)C[C@@H](OCc2ccccc2)C[C@H]1OCOC. The fourth-order valence-corrected chi connectivity index (χ4v) is 7.89. The largest absolute Gasteiger partial charge is 0.462 e. The molecule has 0 bridgehead atoms. The Morgan fingerprint density at radius 2 is 1.53 bits per heavy atom. The molecule has 0 saturated heterocycles. The van der Waals surface area contributed by atoms with Crippen LogP contribution in [-0.4, -0.2) is 53.1 Å². The van der Waals surface area contributed by atoms with Crippen LogP contribution in [0.5, 0.6) is 0 Å². The Kier molecular flexibility index (Phi) is 11.6. The Hall–Kier alpha value is -2.03. The monoisotopic (exact) mass is 514 g/mol. The van der Waals surface area contributed by atoms with E-state index in [-0.39, 0.29) is 43.6 Å². The van der Waals surface area contributed by atoms with Gasteiger partial charge >= 0.3 is 5.97 Å². The van der Waals surface area contributed by atoms with Crippen LogP contribution in [0, 0.1) is 5.92 Å². The first-order chi connectivity index (χ1) is 17.5. The zero-order chi connectivity index (χ0) is 25.8. The number of ether oxygens (including phenoxy) is 4. The van der Waals surface area contributed by atoms with E-state index < -0.39 is 8.32 Å². The Labute approximate surface area is 217 Å². The van der Waals surface area contributed by atoms with Gasteiger partial charge in [0.05, 0.1) is 37.1 Å². The molecule has 0 heterocycles. The number of carbonyl (C=O) groups is 1. The van der Waals surface area contributed by atoms with Crippen LogP contribution in [-0.2, 0) is 30.0 Å². The summed E-state index contributed by atoms with van der Waals surface area (Å²) in [5.74, 6) is -0.355. The van der Waals surface area contributed by atoms with Gasteiger partial charge in [0.1, 0.15) is 6.79 Å². The maximum atomic E-state index is 12.8. The second-order valence-electron chi connectivity index (χ2n) is 9.55. The maximum Gasteiger partial charge on any atom is 0.338 e. The van der Waals surface area contributed by atoms with Crippen molar-refractivity contribution in [2.45, 2.75) is 76.7 Å². The van der Waals surface area contributed by atoms with E-state index in [1.54, 1.807) is 19.2 Å². The van der Waals surface area contributed by atoms with E-state index in [4.69, 9.17) is 23.4 Å². The van der Waals surface area contributed by atoms with Crippen molar-refractivity contribution in [3.05, 3.63) is 71.8 Å². The molecule has 4 atom stereocenters. The summed E-state index contributed by atoms with van der Waals surface area (Å²) in [5, 5.41) is 0. The molecule has 0 aliphatic heterocycles. The first-order valence-corrected chi connectivity index (χ1v) is 15.7. The van der Waals surface area contributed by atoms with Gasteiger partial charge in [-0.2, -0.15) is 0 Å². The van der Waals surface area contributed by atoms with Crippen molar-refractivity contribution in [3.63, 3.8) is 0 Å². The normalized spacial score (nSPS) is 22.3. The van der Waals surface area contributed by atoms with E-state index in [0.717, 1.165) is 30.1 Å². The van der Waals surface area contributed by atoms with Gasteiger partial charge in [-0.1, -0.05) is 69.3 Å². The van der Waals surface area contributed by atoms with Gasteiger partial charge in [0.2, 0.25) is 0 Å². The van der Waals surface area contributed by atoms with Crippen LogP contribution < -0.4 is 0 Å². The van der Waals surface area contributed by atoms with E-state index >= 15 is 0 Å². The lowest BCUT2D eigenvalue weighted by molar-refractivity contribution is -0.165. The van der Waals surface area contributed by atoms with Crippen molar-refractivity contribution in [2.24, 2.45) is 5.92 Å². The highest BCUT2D eigenvalue weighted by atomic mass is 28.4. The summed E-state index contributed by atoms with van der Waals surface area (Å²) in [6.45, 7) is 7.65. The summed E-state index contributed by atoms with van der Waals surface area (Å²) in [6, 6.07) is 22.4. The summed E-state index contributed by atoms with van der Waals surface area (Å²) in [4.78, 5) is 12.8. The summed E-state index contributed by atoms with van der Waals surface area (Å²) < 4.78 is 30.6. The predicted molar refractivity (Wildman–Crippen MR) is 143 cm³/mol. The standard InChI is InChI=1S/C29H42O6Si/c1-5-36(6-2,7-3)35-28-25(21-33-29(30)24-16-12-9-13-17-24)18-26(19-27(28)34-22-31-4)32-20-23-14-10-8-11-15-23/h8-17,25-28H,5-7,18-22H2,1-4H3/t25?,26-,27-,28-/m1/s1. The molecule has 198 valence electrons. The molecule has 36 heavy (non-hydrogen) atoms. The van der Waals surface area contributed by atoms with Crippen LogP contribution >= 0.6 is 0 Å². The average Bonchev–Trinajstić information content (AvgIpc) is 2.94. The molecule has 3 rings (SSSR count). The van der Waals surface area contributed by atoms with E-state index in [0.29, 0.717) is 18.6 Å². The Morgan fingerprint density at radius 1 is 0.889 bits per heavy atom. The predicted octanol–water partition coefficient (Wildman–Crippen LogP) is 6.22. The molecule has 0 N–H and O–H groups in total. The number of benzene rings is 2. The van der Waals surface area contributed by atoms with Gasteiger partial charge in [-0.25, -0.2) is 4.79 Å². The molecule has 0 amide bonds. The van der Waals surface area contributed by atoms with Crippen LogP contribution in [0.2, 0.25) is 18.1 Å². The first kappa shape index (κ1) is 28.5. The molecular formula is C29H42O6Si. The van der Waals surface area contributed by atoms with Gasteiger partial charge in [0, 0.05) is 19.4 Å². The Balaban J connectivity index is 1.79. The lowest BCUT2D eigenvalue weighted by Gasteiger charge is -2.45. The summed E-state index contributed by atoms with van der Waals surface area (Å²) in [6.07, 6.45) is 1.05. The second-order valence-corrected chi connectivity index (χ2v) is 14.3. The number of hydrogen-bond donors (Lipinski definition) is 0. The van der Waals surface area contributed by atoms with Crippen molar-refractivity contribution in [1.29, 1.82) is 0 Å². The van der Waals surface area contributed by atoms with Gasteiger partial charge in [-0.3, -0.25) is 0 Å². The third-order valence-electron chi connectivity index (χ3n) is 7.38. The molecule has 1 aliphatic rings. The lowest BCUT2D eigenvalue weighted by Crippen LogP contribution is -2.53. The number of carbonyl (C=O) groups excluding carboxylic acids is 1. The third kappa shape index (κ3) is 7.98. The zero-order valence-corrected chi connectivity index (χ0v) is 23.2. The number of rotatable bonds is 14. The molecule has 1 saturated carbocycles. The minimum absolute atomic E-state index is 0.0340. The molecule has 2 aromatic carbocycles. The molecule has 2 aromatic rings. The van der Waals surface area contributed by atoms with Gasteiger partial charge in [0.25, 0.3) is 0 Å². The molecule has 0 radical (unpaired) electrons. The molecule has 1 unspecified atom stereocenters. The number of methoxy groups -OCH3 is 1. The smallest absolute Gasteiger partial charge is 0.338 e. The highest BCUT2D eigenvalue weighted by Crippen LogP contribution is 2.36. The van der Waals surface area contributed by atoms with Crippen molar-refractivity contribution in [1.82, 2.24) is 0 Å². The summed E-state index contributed by atoms with van der Waals surface area (Å²) >= 11 is 0. The van der Waals surface area contributed by atoms with Crippen LogP contribution in [0.25, 0.3) is 0 Å². The van der Waals surface area contributed by atoms with Crippen molar-refractivity contribution < 1.29 is 28.2 Å². The summed E-state index contributed by atoms with van der Waals surface area (Å²) in [7, 11) is -0.314. The van der Waals surface area contributed by atoms with Gasteiger partial charge < -0.3 is 23.4 Å². The van der Waals surface area contributed by atoms with Crippen LogP contribution in [0.3, 0.4) is 0 Å². The van der Waals surface area contributed by atoms with Gasteiger partial charge in [0.15, 0.2) is 8.32 Å². The Morgan fingerprint density at radius 3 is 2.14 bits per heavy atom. The van der Waals surface area contributed by atoms with Crippen LogP contribution in [0.1, 0.15) is 49.5 Å². The second kappa shape index (κ2) is 14.6. The van der Waals surface area contributed by atoms with Crippen molar-refractivity contribution in [3.8, 4) is 0 Å². The van der Waals surface area contributed by atoms with Crippen LogP contribution in [0.15, 0.2) is 60.7 Å². The fourth-order valence-electron chi connectivity index (χ4n) is 4.97. The van der Waals surface area contributed by atoms with Gasteiger partial charge in [-0.05, 0) is 42.2 Å². The quantitative estimate of drug-likeness (QED) is 0.169. The molecule has 1 fully saturated rings. The van der Waals surface area contributed by atoms with Crippen LogP contribution in [0.4, 0.5) is 0 Å².